The van der Waals surface area contributed by atoms with Crippen LogP contribution in [-0.4, -0.2) is 42.0 Å². The lowest BCUT2D eigenvalue weighted by molar-refractivity contribution is -0.120. The molecule has 1 saturated heterocycles. The Bertz CT molecular complexity index is 621. The fourth-order valence-electron chi connectivity index (χ4n) is 2.58. The molecule has 0 bridgehead atoms. The average Bonchev–Trinajstić information content (AvgIpc) is 2.49. The smallest absolute Gasteiger partial charge is 0.242 e. The Balaban J connectivity index is 0.00000264. The maximum Gasteiger partial charge on any atom is 0.242 e. The molecule has 7 nitrogen and oxygen atoms in total. The summed E-state index contributed by atoms with van der Waals surface area (Å²) < 4.78 is 26.0. The van der Waals surface area contributed by atoms with Crippen LogP contribution in [0, 0.1) is 0 Å². The van der Waals surface area contributed by atoms with Crippen LogP contribution in [0.2, 0.25) is 0 Å². The van der Waals surface area contributed by atoms with E-state index >= 15 is 0 Å². The van der Waals surface area contributed by atoms with Gasteiger partial charge in [-0.1, -0.05) is 13.3 Å². The third-order valence-electron chi connectivity index (χ3n) is 3.63. The molecule has 0 radical (unpaired) electrons. The van der Waals surface area contributed by atoms with E-state index in [4.69, 9.17) is 5.73 Å². The number of carbonyl (C=O) groups is 1. The first-order valence-electron chi connectivity index (χ1n) is 7.46. The molecular formula is C14H23ClN4O3S. The van der Waals surface area contributed by atoms with E-state index in [0.29, 0.717) is 30.9 Å². The molecule has 1 aliphatic rings. The lowest BCUT2D eigenvalue weighted by atomic mass is 10.0. The molecule has 1 fully saturated rings. The Kier molecular flexibility index (Phi) is 7.24. The van der Waals surface area contributed by atoms with Crippen LogP contribution in [0.25, 0.3) is 0 Å². The molecule has 130 valence electrons. The number of nitrogen functional groups attached to an aromatic ring is 1. The Morgan fingerprint density at radius 2 is 2.17 bits per heavy atom. The summed E-state index contributed by atoms with van der Waals surface area (Å²) in [5, 5.41) is 2.72. The summed E-state index contributed by atoms with van der Waals surface area (Å²) in [5.41, 5.74) is 6.01. The second kappa shape index (κ2) is 8.47. The molecule has 0 saturated carbocycles. The van der Waals surface area contributed by atoms with Gasteiger partial charge in [0, 0.05) is 6.54 Å². The number of aromatic nitrogens is 1. The molecule has 0 aromatic carbocycles. The number of rotatable bonds is 5. The van der Waals surface area contributed by atoms with Gasteiger partial charge in [0.05, 0.1) is 17.6 Å². The maximum atomic E-state index is 12.4. The number of hydrogen-bond acceptors (Lipinski definition) is 5. The molecule has 1 unspecified atom stereocenters. The molecule has 1 atom stereocenters. The van der Waals surface area contributed by atoms with Gasteiger partial charge in [0.25, 0.3) is 0 Å². The number of nitrogens with two attached hydrogens (primary N) is 1. The van der Waals surface area contributed by atoms with Crippen LogP contribution in [0.3, 0.4) is 0 Å². The summed E-state index contributed by atoms with van der Waals surface area (Å²) in [6, 6.07) is 2.58. The van der Waals surface area contributed by atoms with Crippen molar-refractivity contribution in [3.8, 4) is 0 Å². The van der Waals surface area contributed by atoms with Crippen LogP contribution in [0.4, 0.5) is 11.5 Å². The van der Waals surface area contributed by atoms with Crippen molar-refractivity contribution in [2.45, 2.75) is 38.6 Å². The monoisotopic (exact) mass is 362 g/mol. The molecule has 23 heavy (non-hydrogen) atoms. The fourth-order valence-corrected chi connectivity index (χ4v) is 4.33. The predicted molar refractivity (Wildman–Crippen MR) is 92.9 cm³/mol. The normalized spacial score (nSPS) is 18.9. The Morgan fingerprint density at radius 3 is 2.78 bits per heavy atom. The number of hydrogen-bond donors (Lipinski definition) is 2. The number of pyridine rings is 1. The highest BCUT2D eigenvalue weighted by Gasteiger charge is 2.36. The second-order valence-corrected chi connectivity index (χ2v) is 7.44. The van der Waals surface area contributed by atoms with E-state index in [2.05, 4.69) is 10.3 Å². The molecule has 1 aliphatic heterocycles. The largest absolute Gasteiger partial charge is 0.384 e. The van der Waals surface area contributed by atoms with Crippen LogP contribution >= 0.6 is 12.4 Å². The molecule has 1 aromatic heterocycles. The van der Waals surface area contributed by atoms with Crippen molar-refractivity contribution in [1.82, 2.24) is 9.29 Å². The van der Waals surface area contributed by atoms with Gasteiger partial charge in [-0.15, -0.1) is 12.4 Å². The third-order valence-corrected chi connectivity index (χ3v) is 5.71. The summed E-state index contributed by atoms with van der Waals surface area (Å²) in [6.45, 7) is 2.22. The van der Waals surface area contributed by atoms with Crippen LogP contribution in [0.5, 0.6) is 0 Å². The maximum absolute atomic E-state index is 12.4. The number of nitrogens with zero attached hydrogens (tertiary/aromatic N) is 2. The highest BCUT2D eigenvalue weighted by molar-refractivity contribution is 7.89. The van der Waals surface area contributed by atoms with E-state index in [9.17, 15) is 13.2 Å². The van der Waals surface area contributed by atoms with Crippen LogP contribution in [0.1, 0.15) is 32.6 Å². The number of anilines is 2. The zero-order valence-corrected chi connectivity index (χ0v) is 14.7. The van der Waals surface area contributed by atoms with Crippen molar-refractivity contribution >= 4 is 39.8 Å². The number of halogens is 1. The Morgan fingerprint density at radius 1 is 1.43 bits per heavy atom. The van der Waals surface area contributed by atoms with Crippen molar-refractivity contribution in [3.63, 3.8) is 0 Å². The van der Waals surface area contributed by atoms with Gasteiger partial charge in [0.2, 0.25) is 15.9 Å². The number of sulfonamides is 1. The van der Waals surface area contributed by atoms with Crippen molar-refractivity contribution in [2.75, 3.05) is 23.3 Å². The van der Waals surface area contributed by atoms with Gasteiger partial charge < -0.3 is 11.1 Å². The molecular weight excluding hydrogens is 340 g/mol. The Hall–Kier alpha value is -1.38. The first-order chi connectivity index (χ1) is 10.4. The standard InChI is InChI=1S/C14H22N4O3S.ClH/c1-2-9-22(20,21)18-8-4-3-5-12(18)14(19)17-11-6-7-13(15)16-10-11;/h6-7,10,12H,2-5,8-9H2,1H3,(H2,15,16)(H,17,19);1H. The van der Waals surface area contributed by atoms with Crippen LogP contribution in [-0.2, 0) is 14.8 Å². The zero-order chi connectivity index (χ0) is 16.2. The highest BCUT2D eigenvalue weighted by Crippen LogP contribution is 2.22. The van der Waals surface area contributed by atoms with Crippen molar-refractivity contribution in [2.24, 2.45) is 0 Å². The zero-order valence-electron chi connectivity index (χ0n) is 13.1. The molecule has 2 rings (SSSR count). The number of piperidine rings is 1. The predicted octanol–water partition coefficient (Wildman–Crippen LogP) is 1.62. The summed E-state index contributed by atoms with van der Waals surface area (Å²) >= 11 is 0. The molecule has 2 heterocycles. The van der Waals surface area contributed by atoms with E-state index in [1.54, 1.807) is 12.1 Å². The molecule has 0 aliphatic carbocycles. The lowest BCUT2D eigenvalue weighted by Gasteiger charge is -2.33. The molecule has 1 aromatic rings. The van der Waals surface area contributed by atoms with Gasteiger partial charge in [0.1, 0.15) is 11.9 Å². The first kappa shape index (κ1) is 19.7. The lowest BCUT2D eigenvalue weighted by Crippen LogP contribution is -2.50. The number of nitrogens with one attached hydrogen (secondary N) is 1. The van der Waals surface area contributed by atoms with Gasteiger partial charge >= 0.3 is 0 Å². The minimum Gasteiger partial charge on any atom is -0.384 e. The molecule has 0 spiro atoms. The van der Waals surface area contributed by atoms with E-state index in [-0.39, 0.29) is 24.1 Å². The number of carbonyl (C=O) groups excluding carboxylic acids is 1. The van der Waals surface area contributed by atoms with E-state index in [0.717, 1.165) is 12.8 Å². The van der Waals surface area contributed by atoms with Gasteiger partial charge in [0.15, 0.2) is 0 Å². The summed E-state index contributed by atoms with van der Waals surface area (Å²) in [6.07, 6.45) is 4.17. The van der Waals surface area contributed by atoms with Gasteiger partial charge in [-0.05, 0) is 31.4 Å². The summed E-state index contributed by atoms with van der Waals surface area (Å²) in [5.74, 6) is 0.119. The van der Waals surface area contributed by atoms with Crippen LogP contribution in [0.15, 0.2) is 18.3 Å². The van der Waals surface area contributed by atoms with Gasteiger partial charge in [-0.2, -0.15) is 4.31 Å². The third kappa shape index (κ3) is 5.05. The molecule has 3 N–H and O–H groups in total. The van der Waals surface area contributed by atoms with Gasteiger partial charge in [-0.3, -0.25) is 4.79 Å². The second-order valence-electron chi connectivity index (χ2n) is 5.40. The average molecular weight is 363 g/mol. The summed E-state index contributed by atoms with van der Waals surface area (Å²) in [4.78, 5) is 16.3. The number of amides is 1. The quantitative estimate of drug-likeness (QED) is 0.827. The summed E-state index contributed by atoms with van der Waals surface area (Å²) in [7, 11) is -3.39. The van der Waals surface area contributed by atoms with Crippen LogP contribution < -0.4 is 11.1 Å². The van der Waals surface area contributed by atoms with Crippen molar-refractivity contribution in [1.29, 1.82) is 0 Å². The molecule has 1 amide bonds. The Labute approximate surface area is 143 Å². The van der Waals surface area contributed by atoms with E-state index < -0.39 is 16.1 Å². The van der Waals surface area contributed by atoms with E-state index in [1.165, 1.54) is 10.5 Å². The SMILES string of the molecule is CCCS(=O)(=O)N1CCCCC1C(=O)Nc1ccc(N)nc1.Cl. The van der Waals surface area contributed by atoms with Crippen molar-refractivity contribution < 1.29 is 13.2 Å². The van der Waals surface area contributed by atoms with Crippen molar-refractivity contribution in [3.05, 3.63) is 18.3 Å². The minimum absolute atomic E-state index is 0. The topological polar surface area (TPSA) is 105 Å². The fraction of sp³-hybridized carbons (Fsp3) is 0.571. The van der Waals surface area contributed by atoms with E-state index in [1.807, 2.05) is 6.92 Å². The highest BCUT2D eigenvalue weighted by atomic mass is 35.5. The molecule has 9 heteroatoms. The minimum atomic E-state index is -3.39. The van der Waals surface area contributed by atoms with Gasteiger partial charge in [-0.25, -0.2) is 13.4 Å². The first-order valence-corrected chi connectivity index (χ1v) is 9.07.